The molecule has 2 amide bonds. The lowest BCUT2D eigenvalue weighted by atomic mass is 9.82. The number of carbonyl (C=O) groups excluding carboxylic acids is 1. The lowest BCUT2D eigenvalue weighted by Crippen LogP contribution is -2.37. The average Bonchev–Trinajstić information content (AvgIpc) is 3.15. The molecule has 9 nitrogen and oxygen atoms in total. The number of hydrogen-bond acceptors (Lipinski definition) is 6. The Kier molecular flexibility index (Phi) is 19.7. The van der Waals surface area contributed by atoms with Gasteiger partial charge in [0.2, 0.25) is 0 Å². The molecule has 2 radical (unpaired) electrons. The van der Waals surface area contributed by atoms with Crippen LogP contribution >= 0.6 is 7.82 Å². The summed E-state index contributed by atoms with van der Waals surface area (Å²) in [6.07, 6.45) is 16.8. The summed E-state index contributed by atoms with van der Waals surface area (Å²) < 4.78 is 32.6. The highest BCUT2D eigenvalue weighted by molar-refractivity contribution is 7.47. The summed E-state index contributed by atoms with van der Waals surface area (Å²) in [6, 6.07) is -0.846. The predicted octanol–water partition coefficient (Wildman–Crippen LogP) is 5.45. The molecule has 0 aromatic heterocycles. The number of rotatable bonds is 23. The maximum Gasteiger partial charge on any atom is 0.472 e. The Morgan fingerprint density at radius 3 is 1.92 bits per heavy atom. The number of phosphoric acid groups is 1. The molecule has 11 heteroatoms. The first kappa shape index (κ1) is 34.4. The number of amides is 2. The van der Waals surface area contributed by atoms with Crippen LogP contribution in [0.25, 0.3) is 0 Å². The summed E-state index contributed by atoms with van der Waals surface area (Å²) in [6.45, 7) is 3.56. The van der Waals surface area contributed by atoms with Gasteiger partial charge in [-0.15, -0.1) is 0 Å². The average molecular weight is 546 g/mol. The molecule has 2 unspecified atom stereocenters. The lowest BCUT2D eigenvalue weighted by molar-refractivity contribution is -0.0193. The van der Waals surface area contributed by atoms with E-state index in [1.165, 1.54) is 77.7 Å². The van der Waals surface area contributed by atoms with E-state index in [2.05, 4.69) is 22.1 Å². The monoisotopic (exact) mass is 546 g/mol. The van der Waals surface area contributed by atoms with Crippen LogP contribution in [-0.2, 0) is 23.1 Å². The highest BCUT2D eigenvalue weighted by atomic mass is 31.2. The smallest absolute Gasteiger partial charge is 0.382 e. The van der Waals surface area contributed by atoms with E-state index in [0.29, 0.717) is 25.9 Å². The van der Waals surface area contributed by atoms with Crippen molar-refractivity contribution in [1.82, 2.24) is 10.6 Å². The molecule has 5 atom stereocenters. The second-order valence-corrected chi connectivity index (χ2v) is 11.6. The second-order valence-electron chi connectivity index (χ2n) is 10.0. The lowest BCUT2D eigenvalue weighted by Gasteiger charge is -2.25. The fraction of sp³-hybridized carbons (Fsp3) is 0.962. The van der Waals surface area contributed by atoms with Crippen molar-refractivity contribution in [3.05, 3.63) is 0 Å². The van der Waals surface area contributed by atoms with Gasteiger partial charge in [-0.1, -0.05) is 84.0 Å². The molecule has 1 saturated heterocycles. The summed E-state index contributed by atoms with van der Waals surface area (Å²) in [4.78, 5) is 21.8. The molecule has 216 valence electrons. The number of urea groups is 1. The number of nitrogens with one attached hydrogen (secondary N) is 2. The van der Waals surface area contributed by atoms with Crippen LogP contribution < -0.4 is 10.6 Å². The molecule has 1 heterocycles. The van der Waals surface area contributed by atoms with Gasteiger partial charge in [0.05, 0.1) is 6.61 Å². The van der Waals surface area contributed by atoms with Gasteiger partial charge in [-0.2, -0.15) is 0 Å². The fourth-order valence-corrected chi connectivity index (χ4v) is 5.45. The minimum absolute atomic E-state index is 0.179. The number of ether oxygens (including phenoxy) is 2. The quantitative estimate of drug-likeness (QED) is 0.0888. The number of hydrogen-bond donors (Lipinski definition) is 3. The van der Waals surface area contributed by atoms with Gasteiger partial charge < -0.3 is 25.0 Å². The minimum atomic E-state index is -4.21. The molecule has 0 aromatic rings. The minimum Gasteiger partial charge on any atom is -0.382 e. The zero-order valence-electron chi connectivity index (χ0n) is 23.5. The summed E-state index contributed by atoms with van der Waals surface area (Å²) in [5.74, 6) is -0.327. The second kappa shape index (κ2) is 21.2. The van der Waals surface area contributed by atoms with E-state index in [9.17, 15) is 14.3 Å². The van der Waals surface area contributed by atoms with Crippen molar-refractivity contribution in [2.75, 3.05) is 33.9 Å². The van der Waals surface area contributed by atoms with Crippen molar-refractivity contribution in [2.24, 2.45) is 5.92 Å². The molecule has 37 heavy (non-hydrogen) atoms. The van der Waals surface area contributed by atoms with Crippen LogP contribution in [0.3, 0.4) is 0 Å². The highest BCUT2D eigenvalue weighted by Gasteiger charge is 2.45. The van der Waals surface area contributed by atoms with Gasteiger partial charge in [0, 0.05) is 39.2 Å². The van der Waals surface area contributed by atoms with Gasteiger partial charge >= 0.3 is 13.9 Å². The molecule has 3 N–H and O–H groups in total. The van der Waals surface area contributed by atoms with E-state index in [-0.39, 0.29) is 18.6 Å². The molecule has 1 rings (SSSR count). The maximum absolute atomic E-state index is 12.1. The molecule has 0 aliphatic carbocycles. The van der Waals surface area contributed by atoms with E-state index in [4.69, 9.17) is 21.8 Å². The molecular formula is C26H52BN2O7P. The number of methoxy groups -OCH3 is 1. The number of unbranched alkanes of at least 4 members (excludes halogenated alkanes) is 12. The van der Waals surface area contributed by atoms with Gasteiger partial charge in [-0.25, -0.2) is 9.36 Å². The van der Waals surface area contributed by atoms with Crippen LogP contribution in [0.2, 0.25) is 0 Å². The van der Waals surface area contributed by atoms with Gasteiger partial charge in [-0.05, 0) is 19.3 Å². The molecular weight excluding hydrogens is 494 g/mol. The van der Waals surface area contributed by atoms with Crippen molar-refractivity contribution in [3.8, 4) is 0 Å². The Balaban J connectivity index is 2.07. The summed E-state index contributed by atoms with van der Waals surface area (Å²) in [7, 11) is 4.50. The van der Waals surface area contributed by atoms with Crippen molar-refractivity contribution in [2.45, 2.75) is 121 Å². The fourth-order valence-electron chi connectivity index (χ4n) is 4.76. The van der Waals surface area contributed by atoms with Crippen molar-refractivity contribution >= 4 is 21.7 Å². The third-order valence-corrected chi connectivity index (χ3v) is 7.90. The van der Waals surface area contributed by atoms with Crippen LogP contribution in [0.5, 0.6) is 0 Å². The van der Waals surface area contributed by atoms with Crippen molar-refractivity contribution in [1.29, 1.82) is 0 Å². The summed E-state index contributed by atoms with van der Waals surface area (Å²) in [5.41, 5.74) is 0. The zero-order chi connectivity index (χ0) is 27.4. The van der Waals surface area contributed by atoms with E-state index >= 15 is 0 Å². The number of phosphoric ester groups is 1. The summed E-state index contributed by atoms with van der Waals surface area (Å²) in [5, 5.41) is 5.76. The van der Waals surface area contributed by atoms with Crippen LogP contribution in [0.15, 0.2) is 0 Å². The third kappa shape index (κ3) is 16.2. The van der Waals surface area contributed by atoms with Crippen LogP contribution in [0, 0.1) is 5.92 Å². The van der Waals surface area contributed by atoms with E-state index in [1.807, 2.05) is 0 Å². The summed E-state index contributed by atoms with van der Waals surface area (Å²) >= 11 is 0. The normalized spacial score (nSPS) is 23.1. The Labute approximate surface area is 226 Å². The maximum atomic E-state index is 12.1. The molecule has 0 aromatic carbocycles. The molecule has 1 aliphatic rings. The predicted molar refractivity (Wildman–Crippen MR) is 148 cm³/mol. The van der Waals surface area contributed by atoms with E-state index in [1.54, 1.807) is 0 Å². The van der Waals surface area contributed by atoms with Gasteiger partial charge in [0.25, 0.3) is 0 Å². The Hall–Kier alpha value is -0.635. The van der Waals surface area contributed by atoms with Crippen molar-refractivity contribution < 1.29 is 32.8 Å². The first-order chi connectivity index (χ1) is 17.8. The van der Waals surface area contributed by atoms with Crippen molar-refractivity contribution in [3.63, 3.8) is 0 Å². The largest absolute Gasteiger partial charge is 0.472 e. The molecule has 0 bridgehead atoms. The van der Waals surface area contributed by atoms with Gasteiger partial charge in [0.15, 0.2) is 0 Å². The van der Waals surface area contributed by atoms with E-state index in [0.717, 1.165) is 20.0 Å². The molecule has 0 spiro atoms. The van der Waals surface area contributed by atoms with Crippen LogP contribution in [0.4, 0.5) is 4.79 Å². The third-order valence-electron chi connectivity index (χ3n) is 6.92. The Bertz CT molecular complexity index is 632. The number of carbonyl (C=O) groups is 1. The van der Waals surface area contributed by atoms with Crippen LogP contribution in [0.1, 0.15) is 103 Å². The van der Waals surface area contributed by atoms with Crippen LogP contribution in [-0.4, -0.2) is 70.9 Å². The van der Waals surface area contributed by atoms with Gasteiger partial charge in [0.1, 0.15) is 20.1 Å². The topological polar surface area (TPSA) is 115 Å². The Morgan fingerprint density at radius 2 is 1.41 bits per heavy atom. The molecule has 0 saturated carbocycles. The highest BCUT2D eigenvalue weighted by Crippen LogP contribution is 2.48. The SMILES string of the molecule is [B][C@@H]1O[C@H](COC)[C@H](OP(=O)(O)OC)C1CCCNC(=O)NCCCCCCCCCCCCCCC. The first-order valence-electron chi connectivity index (χ1n) is 14.3. The standard InChI is InChI=1S/C26H52BN2O7P/c1-4-5-6-7-8-9-10-11-12-13-14-15-16-19-28-26(30)29-20-17-18-22-24(36-37(31,32)34-3)23(21-33-2)35-25(22)27/h22-25H,4-21H2,1-3H3,(H,31,32)(H2,28,29,30)/t22?,23-,24-,25-/m1/s1. The Morgan fingerprint density at radius 1 is 0.892 bits per heavy atom. The molecule has 1 aliphatic heterocycles. The first-order valence-corrected chi connectivity index (χ1v) is 15.8. The van der Waals surface area contributed by atoms with Gasteiger partial charge in [-0.3, -0.25) is 9.05 Å². The zero-order valence-corrected chi connectivity index (χ0v) is 24.4. The molecule has 1 fully saturated rings. The van der Waals surface area contributed by atoms with E-state index < -0.39 is 26.0 Å².